The van der Waals surface area contributed by atoms with Gasteiger partial charge in [0, 0.05) is 24.9 Å². The topological polar surface area (TPSA) is 69.6 Å². The second-order valence-corrected chi connectivity index (χ2v) is 5.13. The molecule has 0 atom stereocenters. The number of hydrogen-bond acceptors (Lipinski definition) is 2. The van der Waals surface area contributed by atoms with Crippen molar-refractivity contribution in [1.82, 2.24) is 4.90 Å². The number of amides is 2. The second-order valence-electron chi connectivity index (χ2n) is 5.13. The highest BCUT2D eigenvalue weighted by molar-refractivity contribution is 5.90. The third-order valence-corrected chi connectivity index (χ3v) is 3.45. The van der Waals surface area contributed by atoms with Crippen LogP contribution in [0.2, 0.25) is 0 Å². The number of carboxylic acids is 1. The molecular formula is C16H20N2O3. The van der Waals surface area contributed by atoms with E-state index in [0.29, 0.717) is 5.69 Å². The number of rotatable bonds is 3. The van der Waals surface area contributed by atoms with Crippen molar-refractivity contribution in [3.8, 4) is 0 Å². The van der Waals surface area contributed by atoms with E-state index in [-0.39, 0.29) is 6.03 Å². The van der Waals surface area contributed by atoms with Gasteiger partial charge in [0.1, 0.15) is 0 Å². The quantitative estimate of drug-likeness (QED) is 0.839. The minimum Gasteiger partial charge on any atom is -0.478 e. The summed E-state index contributed by atoms with van der Waals surface area (Å²) in [6.07, 6.45) is 7.04. The van der Waals surface area contributed by atoms with Gasteiger partial charge >= 0.3 is 12.0 Å². The van der Waals surface area contributed by atoms with Crippen molar-refractivity contribution in [3.05, 3.63) is 35.9 Å². The maximum absolute atomic E-state index is 12.2. The van der Waals surface area contributed by atoms with Gasteiger partial charge in [0.15, 0.2) is 0 Å². The Morgan fingerprint density at radius 1 is 1.14 bits per heavy atom. The lowest BCUT2D eigenvalue weighted by Crippen LogP contribution is -2.35. The molecule has 1 aliphatic heterocycles. The highest BCUT2D eigenvalue weighted by atomic mass is 16.4. The maximum Gasteiger partial charge on any atom is 0.328 e. The zero-order valence-corrected chi connectivity index (χ0v) is 11.9. The fourth-order valence-corrected chi connectivity index (χ4v) is 2.36. The van der Waals surface area contributed by atoms with Crippen LogP contribution in [0.1, 0.15) is 31.2 Å². The van der Waals surface area contributed by atoms with Crippen molar-refractivity contribution in [3.63, 3.8) is 0 Å². The molecule has 1 aromatic rings. The third-order valence-electron chi connectivity index (χ3n) is 3.45. The van der Waals surface area contributed by atoms with Crippen LogP contribution in [0.25, 0.3) is 6.08 Å². The van der Waals surface area contributed by atoms with E-state index in [1.165, 1.54) is 18.9 Å². The van der Waals surface area contributed by atoms with E-state index in [0.717, 1.165) is 37.6 Å². The first kappa shape index (κ1) is 15.1. The van der Waals surface area contributed by atoms with Crippen LogP contribution in [0, 0.1) is 0 Å². The average molecular weight is 288 g/mol. The van der Waals surface area contributed by atoms with Crippen molar-refractivity contribution >= 4 is 23.8 Å². The molecule has 21 heavy (non-hydrogen) atoms. The Morgan fingerprint density at radius 3 is 2.52 bits per heavy atom. The van der Waals surface area contributed by atoms with Gasteiger partial charge in [0.2, 0.25) is 0 Å². The van der Waals surface area contributed by atoms with E-state index in [2.05, 4.69) is 5.32 Å². The fraction of sp³-hybridized carbons (Fsp3) is 0.375. The molecule has 0 saturated carbocycles. The molecular weight excluding hydrogens is 268 g/mol. The Kier molecular flexibility index (Phi) is 5.37. The zero-order chi connectivity index (χ0) is 15.1. The van der Waals surface area contributed by atoms with Crippen LogP contribution in [-0.2, 0) is 4.79 Å². The second kappa shape index (κ2) is 7.47. The summed E-state index contributed by atoms with van der Waals surface area (Å²) in [5.74, 6) is -0.992. The van der Waals surface area contributed by atoms with Crippen LogP contribution in [0.15, 0.2) is 30.3 Å². The molecule has 1 heterocycles. The van der Waals surface area contributed by atoms with Gasteiger partial charge in [-0.05, 0) is 36.6 Å². The smallest absolute Gasteiger partial charge is 0.328 e. The van der Waals surface area contributed by atoms with Crippen molar-refractivity contribution in [1.29, 1.82) is 0 Å². The van der Waals surface area contributed by atoms with Gasteiger partial charge in [-0.15, -0.1) is 0 Å². The van der Waals surface area contributed by atoms with Crippen LogP contribution in [0.3, 0.4) is 0 Å². The number of carbonyl (C=O) groups excluding carboxylic acids is 1. The standard InChI is InChI=1S/C16H20N2O3/c19-15(20)9-8-13-6-5-7-14(12-13)17-16(21)18-10-3-1-2-4-11-18/h5-9,12H,1-4,10-11H2,(H,17,21)(H,19,20)/b9-8+. The number of carboxylic acid groups (broad SMARTS) is 1. The average Bonchev–Trinajstić information content (AvgIpc) is 2.74. The van der Waals surface area contributed by atoms with Crippen molar-refractivity contribution in [2.75, 3.05) is 18.4 Å². The predicted octanol–water partition coefficient (Wildman–Crippen LogP) is 3.19. The molecule has 5 nitrogen and oxygen atoms in total. The number of likely N-dealkylation sites (tertiary alicyclic amines) is 1. The fourth-order valence-electron chi connectivity index (χ4n) is 2.36. The maximum atomic E-state index is 12.2. The number of anilines is 1. The van der Waals surface area contributed by atoms with Gasteiger partial charge in [-0.2, -0.15) is 0 Å². The van der Waals surface area contributed by atoms with Gasteiger partial charge in [-0.3, -0.25) is 0 Å². The summed E-state index contributed by atoms with van der Waals surface area (Å²) in [4.78, 5) is 24.6. The Morgan fingerprint density at radius 2 is 1.86 bits per heavy atom. The first-order valence-electron chi connectivity index (χ1n) is 7.22. The highest BCUT2D eigenvalue weighted by Gasteiger charge is 2.15. The number of aliphatic carboxylic acids is 1. The lowest BCUT2D eigenvalue weighted by atomic mass is 10.2. The molecule has 0 aromatic heterocycles. The minimum absolute atomic E-state index is 0.0868. The predicted molar refractivity (Wildman–Crippen MR) is 82.2 cm³/mol. The summed E-state index contributed by atoms with van der Waals surface area (Å²) >= 11 is 0. The molecule has 112 valence electrons. The molecule has 0 bridgehead atoms. The summed E-state index contributed by atoms with van der Waals surface area (Å²) in [6.45, 7) is 1.59. The van der Waals surface area contributed by atoms with Crippen LogP contribution in [-0.4, -0.2) is 35.1 Å². The van der Waals surface area contributed by atoms with E-state index < -0.39 is 5.97 Å². The van der Waals surface area contributed by atoms with Crippen LogP contribution in [0.4, 0.5) is 10.5 Å². The third kappa shape index (κ3) is 4.95. The molecule has 0 spiro atoms. The lowest BCUT2D eigenvalue weighted by molar-refractivity contribution is -0.131. The normalized spacial score (nSPS) is 15.7. The Bertz CT molecular complexity index is 532. The lowest BCUT2D eigenvalue weighted by Gasteiger charge is -2.20. The van der Waals surface area contributed by atoms with E-state index in [1.54, 1.807) is 24.3 Å². The molecule has 1 aromatic carbocycles. The zero-order valence-electron chi connectivity index (χ0n) is 11.9. The largest absolute Gasteiger partial charge is 0.478 e. The Labute approximate surface area is 124 Å². The Hall–Kier alpha value is -2.30. The molecule has 0 radical (unpaired) electrons. The van der Waals surface area contributed by atoms with Gasteiger partial charge < -0.3 is 15.3 Å². The van der Waals surface area contributed by atoms with Crippen molar-refractivity contribution < 1.29 is 14.7 Å². The SMILES string of the molecule is O=C(O)/C=C/c1cccc(NC(=O)N2CCCCCC2)c1. The number of urea groups is 1. The molecule has 1 saturated heterocycles. The number of nitrogens with zero attached hydrogens (tertiary/aromatic N) is 1. The van der Waals surface area contributed by atoms with Crippen LogP contribution in [0.5, 0.6) is 0 Å². The van der Waals surface area contributed by atoms with Gasteiger partial charge in [-0.1, -0.05) is 25.0 Å². The molecule has 0 unspecified atom stereocenters. The molecule has 2 rings (SSSR count). The molecule has 2 amide bonds. The van der Waals surface area contributed by atoms with E-state index in [9.17, 15) is 9.59 Å². The molecule has 5 heteroatoms. The number of nitrogens with one attached hydrogen (secondary N) is 1. The summed E-state index contributed by atoms with van der Waals surface area (Å²) in [7, 11) is 0. The first-order valence-corrected chi connectivity index (χ1v) is 7.22. The monoisotopic (exact) mass is 288 g/mol. The van der Waals surface area contributed by atoms with E-state index >= 15 is 0 Å². The molecule has 1 aliphatic rings. The number of carbonyl (C=O) groups is 2. The molecule has 0 aliphatic carbocycles. The van der Waals surface area contributed by atoms with Gasteiger partial charge in [0.25, 0.3) is 0 Å². The summed E-state index contributed by atoms with van der Waals surface area (Å²) < 4.78 is 0. The highest BCUT2D eigenvalue weighted by Crippen LogP contribution is 2.15. The minimum atomic E-state index is -0.992. The van der Waals surface area contributed by atoms with E-state index in [4.69, 9.17) is 5.11 Å². The van der Waals surface area contributed by atoms with Crippen molar-refractivity contribution in [2.45, 2.75) is 25.7 Å². The molecule has 1 fully saturated rings. The van der Waals surface area contributed by atoms with Crippen LogP contribution >= 0.6 is 0 Å². The first-order chi connectivity index (χ1) is 10.1. The van der Waals surface area contributed by atoms with Crippen LogP contribution < -0.4 is 5.32 Å². The van der Waals surface area contributed by atoms with Gasteiger partial charge in [0.05, 0.1) is 0 Å². The number of benzene rings is 1. The molecule has 2 N–H and O–H groups in total. The number of hydrogen-bond donors (Lipinski definition) is 2. The van der Waals surface area contributed by atoms with E-state index in [1.807, 2.05) is 4.90 Å². The van der Waals surface area contributed by atoms with Gasteiger partial charge in [-0.25, -0.2) is 9.59 Å². The summed E-state index contributed by atoms with van der Waals surface area (Å²) in [5.41, 5.74) is 1.42. The summed E-state index contributed by atoms with van der Waals surface area (Å²) in [5, 5.41) is 11.5. The van der Waals surface area contributed by atoms with Crippen molar-refractivity contribution in [2.24, 2.45) is 0 Å². The Balaban J connectivity index is 1.99. The summed E-state index contributed by atoms with van der Waals surface area (Å²) in [6, 6.07) is 7.06.